The number of ether oxygens (including phenoxy) is 2. The van der Waals surface area contributed by atoms with Crippen molar-refractivity contribution in [3.8, 4) is 5.75 Å². The van der Waals surface area contributed by atoms with E-state index >= 15 is 0 Å². The van der Waals surface area contributed by atoms with Crippen LogP contribution in [0.5, 0.6) is 5.75 Å². The molecule has 0 bridgehead atoms. The van der Waals surface area contributed by atoms with E-state index in [-0.39, 0.29) is 5.56 Å². The second kappa shape index (κ2) is 6.06. The number of rotatable bonds is 5. The van der Waals surface area contributed by atoms with Crippen LogP contribution in [-0.2, 0) is 4.74 Å². The summed E-state index contributed by atoms with van der Waals surface area (Å²) in [5, 5.41) is 0. The van der Waals surface area contributed by atoms with Crippen LogP contribution < -0.4 is 4.74 Å². The molecule has 0 atom stereocenters. The molecule has 0 aliphatic heterocycles. The van der Waals surface area contributed by atoms with Crippen LogP contribution in [0.25, 0.3) is 0 Å². The molecule has 0 aliphatic rings. The van der Waals surface area contributed by atoms with Gasteiger partial charge >= 0.3 is 6.18 Å². The van der Waals surface area contributed by atoms with Crippen molar-refractivity contribution in [2.24, 2.45) is 0 Å². The van der Waals surface area contributed by atoms with E-state index < -0.39 is 25.2 Å². The molecule has 0 fully saturated rings. The highest BCUT2D eigenvalue weighted by Gasteiger charge is 2.28. The summed E-state index contributed by atoms with van der Waals surface area (Å²) in [4.78, 5) is 11.9. The maximum atomic E-state index is 11.9. The van der Waals surface area contributed by atoms with Crippen molar-refractivity contribution >= 4 is 5.78 Å². The molecule has 0 N–H and O–H groups in total. The van der Waals surface area contributed by atoms with Crippen molar-refractivity contribution in [2.75, 3.05) is 20.3 Å². The summed E-state index contributed by atoms with van der Waals surface area (Å²) < 4.78 is 45.2. The fourth-order valence-corrected chi connectivity index (χ4v) is 1.78. The Kier molecular flexibility index (Phi) is 4.94. The molecule has 0 aromatic heterocycles. The number of carbonyl (C=O) groups excluding carboxylic acids is 1. The maximum absolute atomic E-state index is 11.9. The molecule has 0 saturated heterocycles. The van der Waals surface area contributed by atoms with E-state index in [0.29, 0.717) is 11.3 Å². The molecule has 1 aromatic rings. The van der Waals surface area contributed by atoms with Crippen LogP contribution in [0.4, 0.5) is 13.2 Å². The van der Waals surface area contributed by atoms with Gasteiger partial charge < -0.3 is 9.47 Å². The Bertz CT molecular complexity index is 467. The van der Waals surface area contributed by atoms with Gasteiger partial charge in [0.1, 0.15) is 19.0 Å². The minimum Gasteiger partial charge on any atom is -0.496 e. The summed E-state index contributed by atoms with van der Waals surface area (Å²) in [5.74, 6) is -0.184. The second-order valence-electron chi connectivity index (χ2n) is 4.19. The lowest BCUT2D eigenvalue weighted by Gasteiger charge is -2.12. The van der Waals surface area contributed by atoms with Crippen LogP contribution in [0, 0.1) is 13.8 Å². The lowest BCUT2D eigenvalue weighted by Crippen LogP contribution is -2.21. The van der Waals surface area contributed by atoms with Crippen molar-refractivity contribution in [2.45, 2.75) is 20.0 Å². The molecular weight excluding hydrogens is 261 g/mol. The smallest absolute Gasteiger partial charge is 0.411 e. The minimum atomic E-state index is -4.44. The van der Waals surface area contributed by atoms with Crippen LogP contribution in [0.2, 0.25) is 0 Å². The van der Waals surface area contributed by atoms with Gasteiger partial charge in [-0.25, -0.2) is 0 Å². The monoisotopic (exact) mass is 276 g/mol. The molecule has 0 heterocycles. The summed E-state index contributed by atoms with van der Waals surface area (Å²) >= 11 is 0. The normalized spacial score (nSPS) is 11.5. The predicted octanol–water partition coefficient (Wildman–Crippen LogP) is 3.07. The Morgan fingerprint density at radius 2 is 1.89 bits per heavy atom. The summed E-state index contributed by atoms with van der Waals surface area (Å²) in [6.45, 7) is 1.47. The van der Waals surface area contributed by atoms with E-state index in [0.717, 1.165) is 5.56 Å². The van der Waals surface area contributed by atoms with Gasteiger partial charge in [-0.3, -0.25) is 4.79 Å². The highest BCUT2D eigenvalue weighted by molar-refractivity contribution is 6.01. The number of Topliss-reactive ketones (excluding diaryl/α,β-unsaturated/α-hetero) is 1. The van der Waals surface area contributed by atoms with Crippen molar-refractivity contribution in [1.82, 2.24) is 0 Å². The quantitative estimate of drug-likeness (QED) is 0.775. The highest BCUT2D eigenvalue weighted by Crippen LogP contribution is 2.25. The van der Waals surface area contributed by atoms with Gasteiger partial charge in [0.2, 0.25) is 0 Å². The lowest BCUT2D eigenvalue weighted by atomic mass is 10.0. The zero-order valence-corrected chi connectivity index (χ0v) is 10.9. The molecule has 106 valence electrons. The second-order valence-corrected chi connectivity index (χ2v) is 4.19. The van der Waals surface area contributed by atoms with Gasteiger partial charge in [0, 0.05) is 0 Å². The third-order valence-electron chi connectivity index (χ3n) is 2.44. The molecular formula is C13H15F3O3. The Morgan fingerprint density at radius 1 is 1.26 bits per heavy atom. The number of hydrogen-bond donors (Lipinski definition) is 0. The molecule has 0 saturated carbocycles. The minimum absolute atomic E-state index is 0.260. The number of benzene rings is 1. The van der Waals surface area contributed by atoms with Crippen molar-refractivity contribution in [3.05, 3.63) is 28.8 Å². The molecule has 1 rings (SSSR count). The first-order chi connectivity index (χ1) is 8.74. The van der Waals surface area contributed by atoms with E-state index in [1.54, 1.807) is 19.1 Å². The molecule has 0 spiro atoms. The topological polar surface area (TPSA) is 35.5 Å². The highest BCUT2D eigenvalue weighted by atomic mass is 19.4. The third kappa shape index (κ3) is 4.55. The molecule has 0 unspecified atom stereocenters. The van der Waals surface area contributed by atoms with Gasteiger partial charge in [-0.05, 0) is 31.0 Å². The Labute approximate surface area is 109 Å². The van der Waals surface area contributed by atoms with Crippen molar-refractivity contribution in [3.63, 3.8) is 0 Å². The number of carbonyl (C=O) groups is 1. The van der Waals surface area contributed by atoms with Gasteiger partial charge in [-0.15, -0.1) is 0 Å². The van der Waals surface area contributed by atoms with Gasteiger partial charge in [0.05, 0.1) is 12.7 Å². The maximum Gasteiger partial charge on any atom is 0.411 e. The van der Waals surface area contributed by atoms with E-state index in [1.165, 1.54) is 7.11 Å². The van der Waals surface area contributed by atoms with Crippen LogP contribution in [0.15, 0.2) is 12.1 Å². The molecule has 0 amide bonds. The van der Waals surface area contributed by atoms with E-state index in [1.807, 2.05) is 6.92 Å². The number of ketones is 1. The predicted molar refractivity (Wildman–Crippen MR) is 63.7 cm³/mol. The molecule has 3 nitrogen and oxygen atoms in total. The summed E-state index contributed by atoms with van der Waals surface area (Å²) in [7, 11) is 1.40. The number of methoxy groups -OCH3 is 1. The fourth-order valence-electron chi connectivity index (χ4n) is 1.78. The Balaban J connectivity index is 2.82. The lowest BCUT2D eigenvalue weighted by molar-refractivity contribution is -0.170. The van der Waals surface area contributed by atoms with E-state index in [9.17, 15) is 18.0 Å². The molecule has 6 heteroatoms. The van der Waals surface area contributed by atoms with Crippen LogP contribution in [-0.4, -0.2) is 32.3 Å². The van der Waals surface area contributed by atoms with E-state index in [4.69, 9.17) is 4.74 Å². The van der Waals surface area contributed by atoms with Crippen LogP contribution in [0.3, 0.4) is 0 Å². The molecule has 19 heavy (non-hydrogen) atoms. The number of alkyl halides is 3. The molecule has 0 aliphatic carbocycles. The number of halogens is 3. The molecule has 1 aromatic carbocycles. The average Bonchev–Trinajstić information content (AvgIpc) is 2.25. The molecule has 0 radical (unpaired) electrons. The first-order valence-electron chi connectivity index (χ1n) is 5.57. The SMILES string of the molecule is COc1cc(C)cc(C)c1C(=O)COCC(F)(F)F. The Morgan fingerprint density at radius 3 is 2.42 bits per heavy atom. The van der Waals surface area contributed by atoms with Gasteiger partial charge in [-0.1, -0.05) is 6.07 Å². The standard InChI is InChI=1S/C13H15F3O3/c1-8-4-9(2)12(11(5-8)18-3)10(17)6-19-7-13(14,15)16/h4-5H,6-7H2,1-3H3. The van der Waals surface area contributed by atoms with E-state index in [2.05, 4.69) is 4.74 Å². The van der Waals surface area contributed by atoms with Crippen LogP contribution >= 0.6 is 0 Å². The summed E-state index contributed by atoms with van der Waals surface area (Å²) in [5.41, 5.74) is 1.81. The number of aryl methyl sites for hydroxylation is 2. The Hall–Kier alpha value is -1.56. The summed E-state index contributed by atoms with van der Waals surface area (Å²) in [6.07, 6.45) is -4.44. The number of hydrogen-bond acceptors (Lipinski definition) is 3. The zero-order chi connectivity index (χ0) is 14.6. The fraction of sp³-hybridized carbons (Fsp3) is 0.462. The first-order valence-corrected chi connectivity index (χ1v) is 5.57. The van der Waals surface area contributed by atoms with Gasteiger partial charge in [0.15, 0.2) is 5.78 Å². The van der Waals surface area contributed by atoms with Gasteiger partial charge in [0.25, 0.3) is 0 Å². The van der Waals surface area contributed by atoms with Gasteiger partial charge in [-0.2, -0.15) is 13.2 Å². The largest absolute Gasteiger partial charge is 0.496 e. The van der Waals surface area contributed by atoms with Crippen molar-refractivity contribution < 1.29 is 27.4 Å². The average molecular weight is 276 g/mol. The van der Waals surface area contributed by atoms with Crippen LogP contribution in [0.1, 0.15) is 21.5 Å². The first kappa shape index (κ1) is 15.5. The zero-order valence-electron chi connectivity index (χ0n) is 10.9. The summed E-state index contributed by atoms with van der Waals surface area (Å²) in [6, 6.07) is 3.42. The third-order valence-corrected chi connectivity index (χ3v) is 2.44. The van der Waals surface area contributed by atoms with Crippen molar-refractivity contribution in [1.29, 1.82) is 0 Å².